The predicted molar refractivity (Wildman–Crippen MR) is 127 cm³/mol. The van der Waals surface area contributed by atoms with Crippen molar-refractivity contribution in [2.45, 2.75) is 26.1 Å². The number of nitrogens with one attached hydrogen (secondary N) is 1. The molecule has 32 heavy (non-hydrogen) atoms. The summed E-state index contributed by atoms with van der Waals surface area (Å²) in [6.45, 7) is 3.27. The van der Waals surface area contributed by atoms with Gasteiger partial charge in [0.05, 0.1) is 18.1 Å². The van der Waals surface area contributed by atoms with Gasteiger partial charge in [0.15, 0.2) is 11.5 Å². The Bertz CT molecular complexity index is 1270. The van der Waals surface area contributed by atoms with Crippen LogP contribution in [-0.2, 0) is 27.2 Å². The fourth-order valence-electron chi connectivity index (χ4n) is 3.87. The smallest absolute Gasteiger partial charge is 0.328 e. The first-order valence-corrected chi connectivity index (χ1v) is 10.7. The van der Waals surface area contributed by atoms with Gasteiger partial charge in [0.25, 0.3) is 0 Å². The van der Waals surface area contributed by atoms with E-state index in [2.05, 4.69) is 36.5 Å². The number of aryl methyl sites for hydroxylation is 2. The van der Waals surface area contributed by atoms with Gasteiger partial charge < -0.3 is 14.8 Å². The lowest BCUT2D eigenvalue weighted by Crippen LogP contribution is -2.19. The Morgan fingerprint density at radius 3 is 2.34 bits per heavy atom. The average Bonchev–Trinajstić information content (AvgIpc) is 3.05. The summed E-state index contributed by atoms with van der Waals surface area (Å²) in [6.07, 6.45) is 0. The van der Waals surface area contributed by atoms with Crippen molar-refractivity contribution in [2.75, 3.05) is 7.11 Å². The lowest BCUT2D eigenvalue weighted by Gasteiger charge is -2.16. The van der Waals surface area contributed by atoms with Gasteiger partial charge in [0.1, 0.15) is 6.61 Å². The molecule has 0 aliphatic carbocycles. The summed E-state index contributed by atoms with van der Waals surface area (Å²) >= 11 is 0. The molecule has 1 N–H and O–H groups in total. The van der Waals surface area contributed by atoms with Gasteiger partial charge in [-0.3, -0.25) is 9.13 Å². The molecule has 0 unspecified atom stereocenters. The van der Waals surface area contributed by atoms with Gasteiger partial charge >= 0.3 is 5.69 Å². The number of imidazole rings is 1. The first kappa shape index (κ1) is 21.7. The minimum absolute atomic E-state index is 0.0366. The Hall–Kier alpha value is -3.51. The van der Waals surface area contributed by atoms with E-state index in [9.17, 15) is 4.79 Å². The summed E-state index contributed by atoms with van der Waals surface area (Å²) in [5.41, 5.74) is 5.12. The highest BCUT2D eigenvalue weighted by Gasteiger charge is 2.11. The van der Waals surface area contributed by atoms with Crippen LogP contribution < -0.4 is 20.5 Å². The molecule has 0 spiro atoms. The Balaban J connectivity index is 1.43. The zero-order chi connectivity index (χ0) is 22.7. The molecule has 0 saturated carbocycles. The Kier molecular flexibility index (Phi) is 6.32. The molecule has 4 rings (SSSR count). The van der Waals surface area contributed by atoms with E-state index in [1.54, 1.807) is 30.3 Å². The lowest BCUT2D eigenvalue weighted by atomic mass is 10.1. The fraction of sp³-hybridized carbons (Fsp3) is 0.269. The Morgan fingerprint density at radius 2 is 1.59 bits per heavy atom. The van der Waals surface area contributed by atoms with Crippen LogP contribution in [0.2, 0.25) is 0 Å². The lowest BCUT2D eigenvalue weighted by molar-refractivity contribution is 0.284. The first-order chi connectivity index (χ1) is 15.5. The molecule has 0 saturated heterocycles. The summed E-state index contributed by atoms with van der Waals surface area (Å²) in [5, 5.41) is 3.55. The van der Waals surface area contributed by atoms with Crippen LogP contribution in [0.25, 0.3) is 11.0 Å². The van der Waals surface area contributed by atoms with E-state index in [4.69, 9.17) is 9.47 Å². The molecule has 4 aromatic rings. The second-order valence-corrected chi connectivity index (χ2v) is 8.01. The molecule has 0 radical (unpaired) electrons. The molecule has 166 valence electrons. The quantitative estimate of drug-likeness (QED) is 0.452. The van der Waals surface area contributed by atoms with Crippen LogP contribution in [0.15, 0.2) is 71.5 Å². The van der Waals surface area contributed by atoms with E-state index in [0.29, 0.717) is 18.1 Å². The third-order valence-electron chi connectivity index (χ3n) is 5.87. The fourth-order valence-corrected chi connectivity index (χ4v) is 3.87. The number of aromatic nitrogens is 2. The number of rotatable bonds is 8. The van der Waals surface area contributed by atoms with E-state index in [-0.39, 0.29) is 11.7 Å². The molecule has 3 aromatic carbocycles. The van der Waals surface area contributed by atoms with Gasteiger partial charge in [0, 0.05) is 26.7 Å². The maximum Gasteiger partial charge on any atom is 0.328 e. The molecule has 6 nitrogen and oxygen atoms in total. The SMILES string of the molecule is COc1cc(CN[C@H](C)c2ccccc2)ccc1OCc1ccc2c(c1)n(C)c(=O)n2C. The van der Waals surface area contributed by atoms with E-state index < -0.39 is 0 Å². The third kappa shape index (κ3) is 4.41. The van der Waals surface area contributed by atoms with Crippen molar-refractivity contribution in [1.29, 1.82) is 0 Å². The molecule has 0 aliphatic heterocycles. The number of ether oxygens (including phenoxy) is 2. The van der Waals surface area contributed by atoms with Crippen LogP contribution in [0.4, 0.5) is 0 Å². The Morgan fingerprint density at radius 1 is 0.875 bits per heavy atom. The summed E-state index contributed by atoms with van der Waals surface area (Å²) in [5.74, 6) is 1.39. The molecule has 1 atom stereocenters. The molecule has 0 bridgehead atoms. The number of fused-ring (bicyclic) bond motifs is 1. The van der Waals surface area contributed by atoms with Crippen LogP contribution in [0.3, 0.4) is 0 Å². The summed E-state index contributed by atoms with van der Waals surface area (Å²) < 4.78 is 14.9. The number of methoxy groups -OCH3 is 1. The van der Waals surface area contributed by atoms with Crippen molar-refractivity contribution in [3.63, 3.8) is 0 Å². The third-order valence-corrected chi connectivity index (χ3v) is 5.87. The average molecular weight is 432 g/mol. The van der Waals surface area contributed by atoms with Crippen molar-refractivity contribution < 1.29 is 9.47 Å². The largest absolute Gasteiger partial charge is 0.493 e. The molecule has 0 amide bonds. The molecule has 1 heterocycles. The summed E-state index contributed by atoms with van der Waals surface area (Å²) in [7, 11) is 5.21. The standard InChI is InChI=1S/C26H29N3O3/c1-18(21-8-6-5-7-9-21)27-16-19-11-13-24(25(15-19)31-4)32-17-20-10-12-22-23(14-20)29(3)26(30)28(22)2/h5-15,18,27H,16-17H2,1-4H3/t18-/m1/s1. The van der Waals surface area contributed by atoms with Crippen LogP contribution in [0.5, 0.6) is 11.5 Å². The van der Waals surface area contributed by atoms with Crippen LogP contribution >= 0.6 is 0 Å². The highest BCUT2D eigenvalue weighted by Crippen LogP contribution is 2.29. The maximum atomic E-state index is 12.1. The monoisotopic (exact) mass is 431 g/mol. The van der Waals surface area contributed by atoms with Gasteiger partial charge in [-0.15, -0.1) is 0 Å². The second-order valence-electron chi connectivity index (χ2n) is 8.01. The van der Waals surface area contributed by atoms with E-state index >= 15 is 0 Å². The van der Waals surface area contributed by atoms with Crippen LogP contribution in [0, 0.1) is 0 Å². The number of hydrogen-bond donors (Lipinski definition) is 1. The molecular formula is C26H29N3O3. The maximum absolute atomic E-state index is 12.1. The van der Waals surface area contributed by atoms with Gasteiger partial charge in [0.2, 0.25) is 0 Å². The minimum atomic E-state index is -0.0366. The highest BCUT2D eigenvalue weighted by molar-refractivity contribution is 5.76. The predicted octanol–water partition coefficient (Wildman–Crippen LogP) is 4.32. The van der Waals surface area contributed by atoms with E-state index in [1.165, 1.54) is 5.56 Å². The zero-order valence-electron chi connectivity index (χ0n) is 19.0. The van der Waals surface area contributed by atoms with Crippen molar-refractivity contribution in [3.8, 4) is 11.5 Å². The van der Waals surface area contributed by atoms with Gasteiger partial charge in [-0.2, -0.15) is 0 Å². The van der Waals surface area contributed by atoms with Crippen molar-refractivity contribution in [1.82, 2.24) is 14.5 Å². The highest BCUT2D eigenvalue weighted by atomic mass is 16.5. The second kappa shape index (κ2) is 9.32. The van der Waals surface area contributed by atoms with E-state index in [1.807, 2.05) is 42.5 Å². The minimum Gasteiger partial charge on any atom is -0.493 e. The zero-order valence-corrected chi connectivity index (χ0v) is 19.0. The number of hydrogen-bond acceptors (Lipinski definition) is 4. The molecule has 0 fully saturated rings. The van der Waals surface area contributed by atoms with Crippen molar-refractivity contribution >= 4 is 11.0 Å². The summed E-state index contributed by atoms with van der Waals surface area (Å²) in [4.78, 5) is 12.1. The van der Waals surface area contributed by atoms with Crippen molar-refractivity contribution in [3.05, 3.63) is 93.9 Å². The Labute approximate surface area is 188 Å². The number of benzene rings is 3. The molecule has 6 heteroatoms. The number of nitrogens with zero attached hydrogens (tertiary/aromatic N) is 2. The van der Waals surface area contributed by atoms with E-state index in [0.717, 1.165) is 28.7 Å². The van der Waals surface area contributed by atoms with Crippen LogP contribution in [-0.4, -0.2) is 16.2 Å². The van der Waals surface area contributed by atoms with Gasteiger partial charge in [-0.1, -0.05) is 42.5 Å². The van der Waals surface area contributed by atoms with Crippen LogP contribution in [0.1, 0.15) is 29.7 Å². The topological polar surface area (TPSA) is 57.4 Å². The molecular weight excluding hydrogens is 402 g/mol. The van der Waals surface area contributed by atoms with Gasteiger partial charge in [-0.05, 0) is 47.9 Å². The normalized spacial score (nSPS) is 12.1. The van der Waals surface area contributed by atoms with Gasteiger partial charge in [-0.25, -0.2) is 4.79 Å². The molecule has 1 aromatic heterocycles. The van der Waals surface area contributed by atoms with Crippen molar-refractivity contribution in [2.24, 2.45) is 14.1 Å². The molecule has 0 aliphatic rings. The first-order valence-electron chi connectivity index (χ1n) is 10.7. The summed E-state index contributed by atoms with van der Waals surface area (Å²) in [6, 6.07) is 22.6.